The summed E-state index contributed by atoms with van der Waals surface area (Å²) in [6, 6.07) is 60.9. The Morgan fingerprint density at radius 2 is 0.965 bits per heavy atom. The van der Waals surface area contributed by atoms with Gasteiger partial charge < -0.3 is 8.83 Å². The van der Waals surface area contributed by atoms with Crippen LogP contribution in [0.4, 0.5) is 0 Å². The molecule has 4 heterocycles. The molecule has 0 aliphatic heterocycles. The van der Waals surface area contributed by atoms with E-state index in [1.54, 1.807) is 0 Å². The van der Waals surface area contributed by atoms with E-state index in [1.165, 1.54) is 25.7 Å². The Bertz CT molecular complexity index is 3470. The fourth-order valence-corrected chi connectivity index (χ4v) is 9.43. The highest BCUT2D eigenvalue weighted by Gasteiger charge is 2.21. The minimum absolute atomic E-state index is 0.589. The maximum atomic E-state index is 6.78. The molecule has 8 aromatic carbocycles. The third-order valence-corrected chi connectivity index (χ3v) is 12.1. The van der Waals surface area contributed by atoms with Gasteiger partial charge in [-0.2, -0.15) is 0 Å². The number of para-hydroxylation sites is 1. The van der Waals surface area contributed by atoms with Crippen LogP contribution in [0, 0.1) is 0 Å². The molecular weight excluding hydrogens is 719 g/mol. The third-order valence-electron chi connectivity index (χ3n) is 11.0. The SMILES string of the molecule is c1ccc(-c2nc(-c3ccccc3)nc(-c3ccc4c(c3)oc3ccc(-c5ccc(-c6cccc7sc8ccccc8c67)c6oc7ccccc7c56)cc34)n2)cc1. The Balaban J connectivity index is 1.01. The van der Waals surface area contributed by atoms with Gasteiger partial charge in [0.25, 0.3) is 0 Å². The van der Waals surface area contributed by atoms with Crippen LogP contribution in [0.15, 0.2) is 185 Å². The van der Waals surface area contributed by atoms with Crippen molar-refractivity contribution in [2.75, 3.05) is 0 Å². The average Bonchev–Trinajstić information content (AvgIpc) is 3.98. The summed E-state index contributed by atoms with van der Waals surface area (Å²) < 4.78 is 15.9. The van der Waals surface area contributed by atoms with E-state index < -0.39 is 0 Å². The number of hydrogen-bond acceptors (Lipinski definition) is 6. The summed E-state index contributed by atoms with van der Waals surface area (Å²) in [5.41, 5.74) is 10.5. The summed E-state index contributed by atoms with van der Waals surface area (Å²) >= 11 is 1.83. The lowest BCUT2D eigenvalue weighted by molar-refractivity contribution is 0.669. The lowest BCUT2D eigenvalue weighted by Gasteiger charge is -2.10. The molecule has 0 N–H and O–H groups in total. The first kappa shape index (κ1) is 31.9. The molecule has 12 aromatic rings. The van der Waals surface area contributed by atoms with Crippen LogP contribution in [0.2, 0.25) is 0 Å². The van der Waals surface area contributed by atoms with Crippen molar-refractivity contribution in [1.29, 1.82) is 0 Å². The van der Waals surface area contributed by atoms with Gasteiger partial charge in [0.2, 0.25) is 0 Å². The summed E-state index contributed by atoms with van der Waals surface area (Å²) in [4.78, 5) is 14.8. The lowest BCUT2D eigenvalue weighted by Crippen LogP contribution is -2.00. The van der Waals surface area contributed by atoms with Gasteiger partial charge in [-0.25, -0.2) is 15.0 Å². The van der Waals surface area contributed by atoms with Crippen molar-refractivity contribution in [1.82, 2.24) is 15.0 Å². The predicted octanol–water partition coefficient (Wildman–Crippen LogP) is 14.4. The monoisotopic (exact) mass is 747 g/mol. The number of furan rings is 2. The quantitative estimate of drug-likeness (QED) is 0.175. The molecule has 12 rings (SSSR count). The van der Waals surface area contributed by atoms with Gasteiger partial charge in [0.1, 0.15) is 22.3 Å². The summed E-state index contributed by atoms with van der Waals surface area (Å²) in [6.07, 6.45) is 0. The largest absolute Gasteiger partial charge is 0.456 e. The number of thiophene rings is 1. The highest BCUT2D eigenvalue weighted by molar-refractivity contribution is 7.25. The maximum absolute atomic E-state index is 6.78. The normalized spacial score (nSPS) is 11.9. The zero-order chi connectivity index (χ0) is 37.5. The van der Waals surface area contributed by atoms with Crippen molar-refractivity contribution < 1.29 is 8.83 Å². The van der Waals surface area contributed by atoms with Crippen molar-refractivity contribution in [3.8, 4) is 56.4 Å². The van der Waals surface area contributed by atoms with Gasteiger partial charge in [-0.1, -0.05) is 127 Å². The first-order valence-electron chi connectivity index (χ1n) is 18.9. The topological polar surface area (TPSA) is 65.0 Å². The number of aromatic nitrogens is 3. The Morgan fingerprint density at radius 1 is 0.333 bits per heavy atom. The van der Waals surface area contributed by atoms with Crippen molar-refractivity contribution in [3.05, 3.63) is 176 Å². The van der Waals surface area contributed by atoms with Crippen molar-refractivity contribution in [2.45, 2.75) is 0 Å². The second-order valence-electron chi connectivity index (χ2n) is 14.3. The zero-order valence-corrected chi connectivity index (χ0v) is 31.1. The highest BCUT2D eigenvalue weighted by atomic mass is 32.1. The first-order chi connectivity index (χ1) is 28.2. The van der Waals surface area contributed by atoms with Gasteiger partial charge in [0.05, 0.1) is 0 Å². The second-order valence-corrected chi connectivity index (χ2v) is 15.4. The molecule has 0 aliphatic rings. The number of hydrogen-bond donors (Lipinski definition) is 0. The maximum Gasteiger partial charge on any atom is 0.164 e. The minimum Gasteiger partial charge on any atom is -0.456 e. The average molecular weight is 748 g/mol. The number of nitrogens with zero attached hydrogens (tertiary/aromatic N) is 3. The molecule has 0 amide bonds. The minimum atomic E-state index is 0.589. The van der Waals surface area contributed by atoms with Gasteiger partial charge in [-0.15, -0.1) is 11.3 Å². The van der Waals surface area contributed by atoms with Crippen LogP contribution in [-0.4, -0.2) is 15.0 Å². The molecule has 0 unspecified atom stereocenters. The van der Waals surface area contributed by atoms with E-state index in [4.69, 9.17) is 23.8 Å². The van der Waals surface area contributed by atoms with Crippen LogP contribution >= 0.6 is 11.3 Å². The molecular formula is C51H29N3O2S. The van der Waals surface area contributed by atoms with Gasteiger partial charge >= 0.3 is 0 Å². The van der Waals surface area contributed by atoms with E-state index >= 15 is 0 Å². The van der Waals surface area contributed by atoms with Crippen LogP contribution < -0.4 is 0 Å². The molecule has 0 saturated heterocycles. The molecule has 0 fully saturated rings. The molecule has 4 aromatic heterocycles. The lowest BCUT2D eigenvalue weighted by atomic mass is 9.92. The summed E-state index contributed by atoms with van der Waals surface area (Å²) in [7, 11) is 0. The van der Waals surface area contributed by atoms with E-state index in [0.29, 0.717) is 17.5 Å². The van der Waals surface area contributed by atoms with Crippen molar-refractivity contribution in [2.24, 2.45) is 0 Å². The Morgan fingerprint density at radius 3 is 1.75 bits per heavy atom. The van der Waals surface area contributed by atoms with Gasteiger partial charge in [-0.05, 0) is 65.2 Å². The van der Waals surface area contributed by atoms with Crippen LogP contribution in [0.3, 0.4) is 0 Å². The van der Waals surface area contributed by atoms with Gasteiger partial charge in [-0.3, -0.25) is 0 Å². The molecule has 0 aliphatic carbocycles. The van der Waals surface area contributed by atoms with E-state index in [9.17, 15) is 0 Å². The van der Waals surface area contributed by atoms with E-state index in [1.807, 2.05) is 84.1 Å². The van der Waals surface area contributed by atoms with Crippen molar-refractivity contribution >= 4 is 75.4 Å². The van der Waals surface area contributed by atoms with Crippen LogP contribution in [-0.2, 0) is 0 Å². The van der Waals surface area contributed by atoms with E-state index in [2.05, 4.69) is 103 Å². The number of fused-ring (bicyclic) bond motifs is 9. The molecule has 266 valence electrons. The summed E-state index contributed by atoms with van der Waals surface area (Å²) in [5, 5.41) is 6.80. The van der Waals surface area contributed by atoms with Crippen LogP contribution in [0.5, 0.6) is 0 Å². The molecule has 6 heteroatoms. The summed E-state index contributed by atoms with van der Waals surface area (Å²) in [6.45, 7) is 0. The predicted molar refractivity (Wildman–Crippen MR) is 234 cm³/mol. The standard InChI is InChI=1S/C51H29N3O2S/c1-3-12-30(13-4-1)49-52-50(31-14-5-2-6-15-31)54-51(53-49)33-22-24-35-40-28-32(23-27-42(40)55-43(35)29-33)34-25-26-37(48-47(34)38-16-7-9-19-41(38)56-48)36-18-11-21-45-46(36)39-17-8-10-20-44(39)57-45/h1-29H. The smallest absolute Gasteiger partial charge is 0.164 e. The van der Waals surface area contributed by atoms with E-state index in [0.717, 1.165) is 77.3 Å². The molecule has 0 spiro atoms. The summed E-state index contributed by atoms with van der Waals surface area (Å²) in [5.74, 6) is 1.84. The molecule has 57 heavy (non-hydrogen) atoms. The molecule has 0 saturated carbocycles. The van der Waals surface area contributed by atoms with Crippen LogP contribution in [0.1, 0.15) is 0 Å². The third kappa shape index (κ3) is 5.12. The molecule has 0 bridgehead atoms. The van der Waals surface area contributed by atoms with Gasteiger partial charge in [0.15, 0.2) is 17.5 Å². The molecule has 0 radical (unpaired) electrons. The van der Waals surface area contributed by atoms with Crippen LogP contribution in [0.25, 0.3) is 120 Å². The Kier molecular flexibility index (Phi) is 7.03. The first-order valence-corrected chi connectivity index (χ1v) is 19.7. The fraction of sp³-hybridized carbons (Fsp3) is 0. The fourth-order valence-electron chi connectivity index (χ4n) is 8.30. The zero-order valence-electron chi connectivity index (χ0n) is 30.3. The van der Waals surface area contributed by atoms with Gasteiger partial charge in [0, 0.05) is 64.0 Å². The van der Waals surface area contributed by atoms with E-state index in [-0.39, 0.29) is 0 Å². The number of benzene rings is 8. The molecule has 5 nitrogen and oxygen atoms in total. The second kappa shape index (κ2) is 12.6. The highest BCUT2D eigenvalue weighted by Crippen LogP contribution is 2.46. The Labute approximate surface area is 330 Å². The number of rotatable bonds is 5. The Hall–Kier alpha value is -7.41. The van der Waals surface area contributed by atoms with Crippen molar-refractivity contribution in [3.63, 3.8) is 0 Å². The molecule has 0 atom stereocenters.